The van der Waals surface area contributed by atoms with Gasteiger partial charge in [0.05, 0.1) is 11.3 Å². The minimum Gasteiger partial charge on any atom is -0.331 e. The van der Waals surface area contributed by atoms with Crippen LogP contribution in [0.25, 0.3) is 5.65 Å². The molecule has 1 aromatic carbocycles. The van der Waals surface area contributed by atoms with Gasteiger partial charge in [-0.15, -0.1) is 10.2 Å². The third-order valence-corrected chi connectivity index (χ3v) is 5.02. The van der Waals surface area contributed by atoms with Crippen LogP contribution < -0.4 is 5.32 Å². The third-order valence-electron chi connectivity index (χ3n) is 5.02. The number of aromatic nitrogens is 3. The van der Waals surface area contributed by atoms with Crippen molar-refractivity contribution in [2.75, 3.05) is 32.5 Å². The highest BCUT2D eigenvalue weighted by Crippen LogP contribution is 2.27. The molecule has 29 heavy (non-hydrogen) atoms. The average molecular weight is 396 g/mol. The molecule has 0 radical (unpaired) electrons. The summed E-state index contributed by atoms with van der Waals surface area (Å²) in [5.41, 5.74) is 1.09. The second-order valence-corrected chi connectivity index (χ2v) is 7.25. The number of nitrogens with one attached hydrogen (secondary N) is 1. The monoisotopic (exact) mass is 396 g/mol. The van der Waals surface area contributed by atoms with Crippen LogP contribution in [0.5, 0.6) is 0 Å². The molecule has 1 saturated heterocycles. The van der Waals surface area contributed by atoms with Crippen LogP contribution in [-0.2, 0) is 0 Å². The second-order valence-electron chi connectivity index (χ2n) is 7.25. The molecule has 1 aliphatic heterocycles. The van der Waals surface area contributed by atoms with Crippen LogP contribution in [0.3, 0.4) is 0 Å². The van der Waals surface area contributed by atoms with E-state index in [0.717, 1.165) is 6.42 Å². The van der Waals surface area contributed by atoms with Gasteiger partial charge < -0.3 is 15.1 Å². The predicted octanol–water partition coefficient (Wildman–Crippen LogP) is 2.59. The zero-order chi connectivity index (χ0) is 20.5. The van der Waals surface area contributed by atoms with Crippen molar-refractivity contribution in [1.82, 2.24) is 24.4 Å². The number of carbonyl (C=O) groups is 2. The van der Waals surface area contributed by atoms with Crippen LogP contribution in [0.4, 0.5) is 14.9 Å². The molecule has 3 aromatic rings. The van der Waals surface area contributed by atoms with Crippen molar-refractivity contribution in [2.24, 2.45) is 0 Å². The lowest BCUT2D eigenvalue weighted by atomic mass is 10.1. The maximum atomic E-state index is 13.8. The molecule has 8 nitrogen and oxygen atoms in total. The van der Waals surface area contributed by atoms with Crippen molar-refractivity contribution in [1.29, 1.82) is 0 Å². The molecule has 3 amide bonds. The number of likely N-dealkylation sites (tertiary alicyclic amines) is 1. The minimum absolute atomic E-state index is 0.0266. The zero-order valence-electron chi connectivity index (χ0n) is 16.2. The van der Waals surface area contributed by atoms with Crippen molar-refractivity contribution in [3.63, 3.8) is 0 Å². The van der Waals surface area contributed by atoms with Crippen LogP contribution in [0.15, 0.2) is 42.6 Å². The molecule has 3 heterocycles. The van der Waals surface area contributed by atoms with Gasteiger partial charge in [-0.1, -0.05) is 12.1 Å². The number of fused-ring (bicyclic) bond motifs is 1. The van der Waals surface area contributed by atoms with E-state index in [-0.39, 0.29) is 17.6 Å². The molecule has 1 aliphatic rings. The highest BCUT2D eigenvalue weighted by Gasteiger charge is 2.31. The Labute approximate surface area is 166 Å². The van der Waals surface area contributed by atoms with E-state index in [9.17, 15) is 14.0 Å². The number of pyridine rings is 1. The van der Waals surface area contributed by atoms with Crippen LogP contribution in [0, 0.1) is 5.82 Å². The quantitative estimate of drug-likeness (QED) is 0.738. The van der Waals surface area contributed by atoms with Crippen molar-refractivity contribution < 1.29 is 14.0 Å². The van der Waals surface area contributed by atoms with Gasteiger partial charge >= 0.3 is 6.03 Å². The Bertz CT molecular complexity index is 1080. The Balaban J connectivity index is 1.58. The van der Waals surface area contributed by atoms with E-state index in [2.05, 4.69) is 15.5 Å². The molecular formula is C20H21FN6O2. The standard InChI is InChI=1S/C20H21FN6O2/c1-25(2)20(29)26-10-9-13(11-26)18-24-23-17-8-7-14(12-27(17)18)19(28)22-16-6-4-3-5-15(16)21/h3-8,12-13H,9-11H2,1-2H3,(H,22,28)/t13-/m1/s1. The molecule has 1 atom stereocenters. The number of carbonyl (C=O) groups excluding carboxylic acids is 2. The molecule has 2 aromatic heterocycles. The molecule has 0 bridgehead atoms. The number of hydrogen-bond acceptors (Lipinski definition) is 4. The molecule has 4 rings (SSSR count). The predicted molar refractivity (Wildman–Crippen MR) is 105 cm³/mol. The van der Waals surface area contributed by atoms with Gasteiger partial charge in [0, 0.05) is 39.3 Å². The molecule has 0 aliphatic carbocycles. The van der Waals surface area contributed by atoms with Gasteiger partial charge in [0.1, 0.15) is 11.6 Å². The van der Waals surface area contributed by atoms with Crippen molar-refractivity contribution in [2.45, 2.75) is 12.3 Å². The van der Waals surface area contributed by atoms with Crippen LogP contribution in [0.1, 0.15) is 28.5 Å². The fraction of sp³-hybridized carbons (Fsp3) is 0.300. The summed E-state index contributed by atoms with van der Waals surface area (Å²) >= 11 is 0. The summed E-state index contributed by atoms with van der Waals surface area (Å²) < 4.78 is 15.6. The third kappa shape index (κ3) is 3.63. The normalized spacial score (nSPS) is 16.2. The summed E-state index contributed by atoms with van der Waals surface area (Å²) in [5.74, 6) is -0.190. The topological polar surface area (TPSA) is 82.8 Å². The summed E-state index contributed by atoms with van der Waals surface area (Å²) in [6, 6.07) is 9.30. The summed E-state index contributed by atoms with van der Waals surface area (Å²) in [5, 5.41) is 11.0. The van der Waals surface area contributed by atoms with Crippen LogP contribution in [0.2, 0.25) is 0 Å². The SMILES string of the molecule is CN(C)C(=O)N1CC[C@@H](c2nnc3ccc(C(=O)Nc4ccccc4F)cn23)C1. The van der Waals surface area contributed by atoms with Gasteiger partial charge in [-0.3, -0.25) is 9.20 Å². The van der Waals surface area contributed by atoms with E-state index in [4.69, 9.17) is 0 Å². The van der Waals surface area contributed by atoms with Gasteiger partial charge in [0.2, 0.25) is 0 Å². The van der Waals surface area contributed by atoms with E-state index in [0.29, 0.717) is 30.1 Å². The Hall–Kier alpha value is -3.49. The van der Waals surface area contributed by atoms with E-state index >= 15 is 0 Å². The Morgan fingerprint density at radius 3 is 2.72 bits per heavy atom. The molecule has 150 valence electrons. The van der Waals surface area contributed by atoms with Crippen LogP contribution >= 0.6 is 0 Å². The van der Waals surface area contributed by atoms with E-state index in [1.54, 1.807) is 58.8 Å². The summed E-state index contributed by atoms with van der Waals surface area (Å²) in [4.78, 5) is 28.1. The first kappa shape index (κ1) is 18.9. The Kier molecular flexibility index (Phi) is 4.87. The number of urea groups is 1. The van der Waals surface area contributed by atoms with Crippen molar-refractivity contribution in [3.05, 3.63) is 59.8 Å². The number of amides is 3. The lowest BCUT2D eigenvalue weighted by Gasteiger charge is -2.21. The number of nitrogens with zero attached hydrogens (tertiary/aromatic N) is 5. The molecule has 9 heteroatoms. The van der Waals surface area contributed by atoms with Gasteiger partial charge in [0.25, 0.3) is 5.91 Å². The molecule has 1 fully saturated rings. The lowest BCUT2D eigenvalue weighted by molar-refractivity contribution is 0.102. The van der Waals surface area contributed by atoms with Crippen molar-refractivity contribution in [3.8, 4) is 0 Å². The highest BCUT2D eigenvalue weighted by molar-refractivity contribution is 6.04. The second kappa shape index (κ2) is 7.50. The van der Waals surface area contributed by atoms with Gasteiger partial charge in [0.15, 0.2) is 5.65 Å². The molecule has 1 N–H and O–H groups in total. The van der Waals surface area contributed by atoms with Crippen molar-refractivity contribution >= 4 is 23.3 Å². The molecular weight excluding hydrogens is 375 g/mol. The Morgan fingerprint density at radius 1 is 1.17 bits per heavy atom. The summed E-state index contributed by atoms with van der Waals surface area (Å²) in [7, 11) is 3.45. The van der Waals surface area contributed by atoms with E-state index < -0.39 is 11.7 Å². The molecule has 0 unspecified atom stereocenters. The molecule has 0 spiro atoms. The number of anilines is 1. The maximum absolute atomic E-state index is 13.8. The summed E-state index contributed by atoms with van der Waals surface area (Å²) in [6.45, 7) is 1.19. The van der Waals surface area contributed by atoms with Crippen LogP contribution in [-0.4, -0.2) is 63.5 Å². The first-order valence-electron chi connectivity index (χ1n) is 9.31. The number of benzene rings is 1. The smallest absolute Gasteiger partial charge is 0.319 e. The van der Waals surface area contributed by atoms with E-state index in [1.807, 2.05) is 0 Å². The number of para-hydroxylation sites is 1. The van der Waals surface area contributed by atoms with Gasteiger partial charge in [-0.2, -0.15) is 0 Å². The van der Waals surface area contributed by atoms with Gasteiger partial charge in [-0.25, -0.2) is 9.18 Å². The maximum Gasteiger partial charge on any atom is 0.319 e. The molecule has 0 saturated carbocycles. The zero-order valence-corrected chi connectivity index (χ0v) is 16.2. The first-order chi connectivity index (χ1) is 13.9. The average Bonchev–Trinajstić information content (AvgIpc) is 3.35. The summed E-state index contributed by atoms with van der Waals surface area (Å²) in [6.07, 6.45) is 2.42. The largest absolute Gasteiger partial charge is 0.331 e. The Morgan fingerprint density at radius 2 is 1.97 bits per heavy atom. The number of halogens is 1. The minimum atomic E-state index is -0.497. The first-order valence-corrected chi connectivity index (χ1v) is 9.31. The van der Waals surface area contributed by atoms with Gasteiger partial charge in [-0.05, 0) is 30.7 Å². The number of hydrogen-bond donors (Lipinski definition) is 1. The fourth-order valence-electron chi connectivity index (χ4n) is 3.51. The lowest BCUT2D eigenvalue weighted by Crippen LogP contribution is -2.37. The van der Waals surface area contributed by atoms with E-state index in [1.165, 1.54) is 12.1 Å². The number of rotatable bonds is 3. The highest BCUT2D eigenvalue weighted by atomic mass is 19.1. The fourth-order valence-corrected chi connectivity index (χ4v) is 3.51.